The number of imide groups is 1. The van der Waals surface area contributed by atoms with Crippen LogP contribution in [-0.4, -0.2) is 142 Å². The lowest BCUT2D eigenvalue weighted by Crippen LogP contribution is -2.52. The number of carbonyl (C=O) groups is 5. The first-order valence-electron chi connectivity index (χ1n) is 20.2. The van der Waals surface area contributed by atoms with E-state index in [0.717, 1.165) is 107 Å². The second kappa shape index (κ2) is 16.5. The van der Waals surface area contributed by atoms with Crippen LogP contribution in [0.4, 0.5) is 16.3 Å². The molecule has 5 aliphatic rings. The first-order chi connectivity index (χ1) is 27.6. The van der Waals surface area contributed by atoms with E-state index in [1.807, 2.05) is 36.3 Å². The average Bonchev–Trinajstić information content (AvgIpc) is 3.74. The van der Waals surface area contributed by atoms with Crippen molar-refractivity contribution in [1.29, 1.82) is 0 Å². The molecule has 0 saturated carbocycles. The van der Waals surface area contributed by atoms with Gasteiger partial charge >= 0.3 is 6.03 Å². The van der Waals surface area contributed by atoms with Crippen LogP contribution in [0.3, 0.4) is 0 Å². The van der Waals surface area contributed by atoms with E-state index in [-0.39, 0.29) is 41.9 Å². The third-order valence-electron chi connectivity index (χ3n) is 12.2. The summed E-state index contributed by atoms with van der Waals surface area (Å²) in [5.74, 6) is -0.749. The molecule has 3 N–H and O–H groups in total. The maximum absolute atomic E-state index is 13.2. The van der Waals surface area contributed by atoms with E-state index < -0.39 is 11.9 Å². The number of pyridine rings is 1. The molecule has 1 unspecified atom stereocenters. The number of hydrogen-bond acceptors (Lipinski definition) is 11. The molecule has 2 aromatic heterocycles. The number of rotatable bonds is 12. The highest BCUT2D eigenvalue weighted by Gasteiger charge is 2.40. The van der Waals surface area contributed by atoms with Crippen molar-refractivity contribution in [2.45, 2.75) is 70.0 Å². The van der Waals surface area contributed by atoms with Crippen LogP contribution in [0.5, 0.6) is 0 Å². The number of nitrogens with two attached hydrogens (primary N) is 1. The van der Waals surface area contributed by atoms with Crippen LogP contribution in [-0.2, 0) is 29.0 Å². The summed E-state index contributed by atoms with van der Waals surface area (Å²) >= 11 is 0. The van der Waals surface area contributed by atoms with Crippen LogP contribution in [0, 0.1) is 0 Å². The number of aryl methyl sites for hydroxylation is 1. The smallest absolute Gasteiger partial charge is 0.320 e. The van der Waals surface area contributed by atoms with Gasteiger partial charge in [-0.15, -0.1) is 0 Å². The lowest BCUT2D eigenvalue weighted by Gasteiger charge is -2.37. The number of nitrogens with one attached hydrogen (secondary N) is 1. The van der Waals surface area contributed by atoms with Crippen LogP contribution in [0.25, 0.3) is 0 Å². The number of fused-ring (bicyclic) bond motifs is 1. The summed E-state index contributed by atoms with van der Waals surface area (Å²) < 4.78 is 0. The number of benzene rings is 1. The van der Waals surface area contributed by atoms with Gasteiger partial charge < -0.3 is 30.2 Å². The van der Waals surface area contributed by atoms with Gasteiger partial charge in [0.1, 0.15) is 17.6 Å². The molecule has 3 aromatic rings. The van der Waals surface area contributed by atoms with E-state index in [0.29, 0.717) is 43.0 Å². The second-order valence-corrected chi connectivity index (χ2v) is 15.8. The topological polar surface area (TPSA) is 182 Å². The first kappa shape index (κ1) is 38.2. The Bertz CT molecular complexity index is 2040. The molecular formula is C41H51N11O5. The Morgan fingerprint density at radius 1 is 0.895 bits per heavy atom. The summed E-state index contributed by atoms with van der Waals surface area (Å²) in [6, 6.07) is 9.47. The normalized spacial score (nSPS) is 21.7. The fraction of sp³-hybridized carbons (Fsp3) is 0.512. The number of likely N-dealkylation sites (N-methyl/N-ethyl adjacent to an activating group) is 1. The Labute approximate surface area is 332 Å². The minimum Gasteiger partial charge on any atom is -0.368 e. The Morgan fingerprint density at radius 3 is 2.47 bits per heavy atom. The molecule has 2 atom stereocenters. The molecule has 57 heavy (non-hydrogen) atoms. The second-order valence-electron chi connectivity index (χ2n) is 15.8. The fourth-order valence-corrected chi connectivity index (χ4v) is 8.97. The average molecular weight is 778 g/mol. The molecule has 7 heterocycles. The number of piperazine rings is 1. The van der Waals surface area contributed by atoms with Crippen LogP contribution >= 0.6 is 0 Å². The highest BCUT2D eigenvalue weighted by molar-refractivity contribution is 6.05. The van der Waals surface area contributed by atoms with Gasteiger partial charge in [-0.2, -0.15) is 0 Å². The molecule has 0 radical (unpaired) electrons. The van der Waals surface area contributed by atoms with Crippen molar-refractivity contribution in [1.82, 2.24) is 39.9 Å². The number of primary amides is 1. The van der Waals surface area contributed by atoms with E-state index in [9.17, 15) is 24.0 Å². The maximum atomic E-state index is 13.2. The van der Waals surface area contributed by atoms with E-state index in [2.05, 4.69) is 37.1 Å². The SMILES string of the molecule is CN1CCN([C@H]2CCCN(c3cnc(C(N)=O)c(Cc4ccc(N5CCN(CCCCc6cccc7c6CN(C6CCC(=O)NC6=O)C7=O)CC5)cn4)n3)C2)C1=O. The van der Waals surface area contributed by atoms with Crippen molar-refractivity contribution in [2.24, 2.45) is 5.73 Å². The van der Waals surface area contributed by atoms with E-state index in [1.165, 1.54) is 0 Å². The number of anilines is 2. The predicted octanol–water partition coefficient (Wildman–Crippen LogP) is 1.80. The molecule has 300 valence electrons. The van der Waals surface area contributed by atoms with Crippen molar-refractivity contribution >= 4 is 41.2 Å². The third-order valence-corrected chi connectivity index (χ3v) is 12.2. The predicted molar refractivity (Wildman–Crippen MR) is 212 cm³/mol. The zero-order chi connectivity index (χ0) is 39.6. The number of amides is 6. The summed E-state index contributed by atoms with van der Waals surface area (Å²) in [5, 5.41) is 2.38. The van der Waals surface area contributed by atoms with Crippen molar-refractivity contribution in [3.8, 4) is 0 Å². The minimum absolute atomic E-state index is 0.0669. The number of aromatic nitrogens is 3. The van der Waals surface area contributed by atoms with Gasteiger partial charge in [-0.05, 0) is 74.4 Å². The van der Waals surface area contributed by atoms with Gasteiger partial charge in [0.15, 0.2) is 0 Å². The standard InChI is InChI=1S/C41H51N11O5/c1-47-16-21-51(41(47)57)30-8-5-15-50(25-30)35-24-44-37(38(42)54)33(45-35)22-28-10-11-29(23-43-28)49-19-17-48(18-20-49)14-3-2-6-27-7-4-9-31-32(27)26-52(40(31)56)34-12-13-36(53)46-39(34)55/h4,7,9-11,23-24,30,34H,2-3,5-6,8,12-22,25-26H2,1H3,(H2,42,54)(H,46,53,55)/t30-,34?/m0/s1. The highest BCUT2D eigenvalue weighted by atomic mass is 16.2. The molecule has 5 aliphatic heterocycles. The third kappa shape index (κ3) is 8.13. The largest absolute Gasteiger partial charge is 0.368 e. The Kier molecular flexibility index (Phi) is 11.0. The number of hydrogen-bond donors (Lipinski definition) is 2. The molecule has 16 heteroatoms. The summed E-state index contributed by atoms with van der Waals surface area (Å²) in [6.07, 6.45) is 9.20. The van der Waals surface area contributed by atoms with Crippen LogP contribution in [0.2, 0.25) is 0 Å². The van der Waals surface area contributed by atoms with Crippen molar-refractivity contribution in [3.63, 3.8) is 0 Å². The van der Waals surface area contributed by atoms with Crippen molar-refractivity contribution in [3.05, 3.63) is 76.5 Å². The number of urea groups is 1. The van der Waals surface area contributed by atoms with Gasteiger partial charge in [-0.3, -0.25) is 34.4 Å². The van der Waals surface area contributed by atoms with Gasteiger partial charge in [0.2, 0.25) is 11.8 Å². The lowest BCUT2D eigenvalue weighted by molar-refractivity contribution is -0.136. The molecule has 0 spiro atoms. The van der Waals surface area contributed by atoms with Gasteiger partial charge in [-0.25, -0.2) is 14.8 Å². The van der Waals surface area contributed by atoms with Crippen LogP contribution in [0.15, 0.2) is 42.7 Å². The van der Waals surface area contributed by atoms with Gasteiger partial charge in [0.05, 0.1) is 29.8 Å². The van der Waals surface area contributed by atoms with Crippen LogP contribution in [0.1, 0.15) is 81.9 Å². The molecule has 8 rings (SSSR count). The van der Waals surface area contributed by atoms with Crippen LogP contribution < -0.4 is 20.9 Å². The fourth-order valence-electron chi connectivity index (χ4n) is 8.97. The van der Waals surface area contributed by atoms with E-state index in [1.54, 1.807) is 16.0 Å². The monoisotopic (exact) mass is 777 g/mol. The molecule has 4 fully saturated rings. The number of piperidine rings is 2. The van der Waals surface area contributed by atoms with E-state index in [4.69, 9.17) is 15.7 Å². The minimum atomic E-state index is -0.626. The Morgan fingerprint density at radius 2 is 1.74 bits per heavy atom. The summed E-state index contributed by atoms with van der Waals surface area (Å²) in [4.78, 5) is 88.7. The van der Waals surface area contributed by atoms with Gasteiger partial charge in [0, 0.05) is 90.0 Å². The van der Waals surface area contributed by atoms with Gasteiger partial charge in [-0.1, -0.05) is 12.1 Å². The Balaban J connectivity index is 0.810. The summed E-state index contributed by atoms with van der Waals surface area (Å²) in [6.45, 7) is 8.00. The van der Waals surface area contributed by atoms with Crippen molar-refractivity contribution < 1.29 is 24.0 Å². The van der Waals surface area contributed by atoms with Gasteiger partial charge in [0.25, 0.3) is 11.8 Å². The zero-order valence-electron chi connectivity index (χ0n) is 32.6. The molecule has 1 aromatic carbocycles. The molecule has 6 amide bonds. The molecular weight excluding hydrogens is 727 g/mol. The lowest BCUT2D eigenvalue weighted by atomic mass is 9.98. The molecule has 16 nitrogen and oxygen atoms in total. The molecule has 4 saturated heterocycles. The maximum Gasteiger partial charge on any atom is 0.320 e. The summed E-state index contributed by atoms with van der Waals surface area (Å²) in [7, 11) is 1.83. The number of unbranched alkanes of at least 4 members (excludes halogenated alkanes) is 1. The van der Waals surface area contributed by atoms with Crippen molar-refractivity contribution in [2.75, 3.05) is 75.8 Å². The number of nitrogens with zero attached hydrogens (tertiary/aromatic N) is 9. The highest BCUT2D eigenvalue weighted by Crippen LogP contribution is 2.31. The quantitative estimate of drug-likeness (QED) is 0.202. The number of carbonyl (C=O) groups excluding carboxylic acids is 5. The molecule has 0 aliphatic carbocycles. The molecule has 0 bridgehead atoms. The zero-order valence-corrected chi connectivity index (χ0v) is 32.6. The van der Waals surface area contributed by atoms with E-state index >= 15 is 0 Å². The first-order valence-corrected chi connectivity index (χ1v) is 20.2. The Hall–Kier alpha value is -5.64. The summed E-state index contributed by atoms with van der Waals surface area (Å²) in [5.41, 5.74) is 11.0.